The van der Waals surface area contributed by atoms with Crippen molar-refractivity contribution in [3.63, 3.8) is 0 Å². The molecule has 94 valence electrons. The van der Waals surface area contributed by atoms with Gasteiger partial charge in [0.1, 0.15) is 0 Å². The summed E-state index contributed by atoms with van der Waals surface area (Å²) in [6.45, 7) is 11.2. The Labute approximate surface area is 100 Å². The molecule has 0 saturated carbocycles. The van der Waals surface area contributed by atoms with Gasteiger partial charge in [0, 0.05) is 25.7 Å². The summed E-state index contributed by atoms with van der Waals surface area (Å²) in [5.41, 5.74) is 0. The van der Waals surface area contributed by atoms with Gasteiger partial charge in [0.05, 0.1) is 0 Å². The molecule has 0 amide bonds. The van der Waals surface area contributed by atoms with E-state index in [-0.39, 0.29) is 0 Å². The van der Waals surface area contributed by atoms with Gasteiger partial charge < -0.3 is 15.1 Å². The zero-order chi connectivity index (χ0) is 11.2. The molecule has 0 aromatic carbocycles. The first kappa shape index (κ1) is 12.3. The molecule has 2 aliphatic heterocycles. The molecular weight excluding hydrogens is 198 g/mol. The molecule has 0 radical (unpaired) electrons. The van der Waals surface area contributed by atoms with Crippen molar-refractivity contribution in [2.24, 2.45) is 0 Å². The van der Waals surface area contributed by atoms with Gasteiger partial charge in [0.2, 0.25) is 0 Å². The fourth-order valence-corrected chi connectivity index (χ4v) is 2.89. The average Bonchev–Trinajstić information content (AvgIpc) is 2.90. The van der Waals surface area contributed by atoms with Gasteiger partial charge in [0.25, 0.3) is 0 Å². The third-order valence-corrected chi connectivity index (χ3v) is 3.85. The smallest absolute Gasteiger partial charge is 0.0167 e. The molecule has 3 heteroatoms. The van der Waals surface area contributed by atoms with E-state index < -0.39 is 0 Å². The van der Waals surface area contributed by atoms with E-state index >= 15 is 0 Å². The van der Waals surface area contributed by atoms with Crippen molar-refractivity contribution in [2.75, 3.05) is 45.8 Å². The van der Waals surface area contributed by atoms with Gasteiger partial charge in [-0.05, 0) is 58.8 Å². The van der Waals surface area contributed by atoms with Crippen LogP contribution in [0.15, 0.2) is 0 Å². The molecule has 16 heavy (non-hydrogen) atoms. The van der Waals surface area contributed by atoms with Crippen LogP contribution < -0.4 is 5.32 Å². The summed E-state index contributed by atoms with van der Waals surface area (Å²) in [6.07, 6.45) is 5.62. The SMILES string of the molecule is CC(CN1CCCC1)NCCN1CCCC1. The van der Waals surface area contributed by atoms with E-state index in [1.54, 1.807) is 0 Å². The Kier molecular flexibility index (Phi) is 5.07. The van der Waals surface area contributed by atoms with Crippen molar-refractivity contribution in [1.29, 1.82) is 0 Å². The number of likely N-dealkylation sites (tertiary alicyclic amines) is 2. The molecule has 2 fully saturated rings. The Morgan fingerprint density at radius 2 is 1.50 bits per heavy atom. The highest BCUT2D eigenvalue weighted by Crippen LogP contribution is 2.08. The van der Waals surface area contributed by atoms with E-state index in [4.69, 9.17) is 0 Å². The van der Waals surface area contributed by atoms with Crippen molar-refractivity contribution >= 4 is 0 Å². The van der Waals surface area contributed by atoms with Gasteiger partial charge in [-0.2, -0.15) is 0 Å². The predicted octanol–water partition coefficient (Wildman–Crippen LogP) is 1.16. The average molecular weight is 225 g/mol. The minimum atomic E-state index is 0.653. The fourth-order valence-electron chi connectivity index (χ4n) is 2.89. The van der Waals surface area contributed by atoms with E-state index in [2.05, 4.69) is 22.0 Å². The molecule has 0 spiro atoms. The summed E-state index contributed by atoms with van der Waals surface area (Å²) in [4.78, 5) is 5.17. The van der Waals surface area contributed by atoms with Crippen LogP contribution in [-0.2, 0) is 0 Å². The van der Waals surface area contributed by atoms with Crippen LogP contribution in [0, 0.1) is 0 Å². The third kappa shape index (κ3) is 4.04. The van der Waals surface area contributed by atoms with Crippen LogP contribution in [0.4, 0.5) is 0 Å². The van der Waals surface area contributed by atoms with Crippen LogP contribution >= 0.6 is 0 Å². The standard InChI is InChI=1S/C13H27N3/c1-13(12-16-9-4-5-10-16)14-6-11-15-7-2-3-8-15/h13-14H,2-12H2,1H3. The third-order valence-electron chi connectivity index (χ3n) is 3.85. The zero-order valence-electron chi connectivity index (χ0n) is 10.7. The maximum atomic E-state index is 3.65. The number of rotatable bonds is 6. The summed E-state index contributed by atoms with van der Waals surface area (Å²) in [5, 5.41) is 3.65. The molecular formula is C13H27N3. The summed E-state index contributed by atoms with van der Waals surface area (Å²) >= 11 is 0. The highest BCUT2D eigenvalue weighted by atomic mass is 15.2. The van der Waals surface area contributed by atoms with Gasteiger partial charge in [-0.15, -0.1) is 0 Å². The van der Waals surface area contributed by atoms with Crippen LogP contribution in [0.3, 0.4) is 0 Å². The molecule has 2 rings (SSSR count). The van der Waals surface area contributed by atoms with Gasteiger partial charge in [-0.3, -0.25) is 0 Å². The van der Waals surface area contributed by atoms with E-state index in [1.165, 1.54) is 65.0 Å². The highest BCUT2D eigenvalue weighted by Gasteiger charge is 2.15. The molecule has 2 heterocycles. The van der Waals surface area contributed by atoms with E-state index in [1.807, 2.05) is 0 Å². The molecule has 3 nitrogen and oxygen atoms in total. The Bertz CT molecular complexity index is 184. The number of hydrogen-bond acceptors (Lipinski definition) is 3. The Balaban J connectivity index is 1.51. The van der Waals surface area contributed by atoms with Crippen LogP contribution in [0.2, 0.25) is 0 Å². The number of nitrogens with one attached hydrogen (secondary N) is 1. The largest absolute Gasteiger partial charge is 0.312 e. The fraction of sp³-hybridized carbons (Fsp3) is 1.00. The number of nitrogens with zero attached hydrogens (tertiary/aromatic N) is 2. The summed E-state index contributed by atoms with van der Waals surface area (Å²) in [5.74, 6) is 0. The lowest BCUT2D eigenvalue weighted by molar-refractivity contribution is 0.283. The first-order valence-electron chi connectivity index (χ1n) is 7.03. The van der Waals surface area contributed by atoms with Crippen LogP contribution in [0.25, 0.3) is 0 Å². The van der Waals surface area contributed by atoms with Gasteiger partial charge in [0.15, 0.2) is 0 Å². The van der Waals surface area contributed by atoms with Crippen molar-refractivity contribution in [3.8, 4) is 0 Å². The predicted molar refractivity (Wildman–Crippen MR) is 68.8 cm³/mol. The Morgan fingerprint density at radius 1 is 0.938 bits per heavy atom. The topological polar surface area (TPSA) is 18.5 Å². The molecule has 0 aromatic rings. The second kappa shape index (κ2) is 6.58. The summed E-state index contributed by atoms with van der Waals surface area (Å²) < 4.78 is 0. The molecule has 1 unspecified atom stereocenters. The van der Waals surface area contributed by atoms with E-state index in [0.717, 1.165) is 6.54 Å². The van der Waals surface area contributed by atoms with E-state index in [9.17, 15) is 0 Å². The lowest BCUT2D eigenvalue weighted by Gasteiger charge is -2.22. The normalized spacial score (nSPS) is 25.3. The molecule has 1 atom stereocenters. The molecule has 1 N–H and O–H groups in total. The van der Waals surface area contributed by atoms with E-state index in [0.29, 0.717) is 6.04 Å². The van der Waals surface area contributed by atoms with Crippen molar-refractivity contribution in [1.82, 2.24) is 15.1 Å². The lowest BCUT2D eigenvalue weighted by Crippen LogP contribution is -2.41. The first-order valence-corrected chi connectivity index (χ1v) is 7.03. The Morgan fingerprint density at radius 3 is 2.12 bits per heavy atom. The van der Waals surface area contributed by atoms with Crippen molar-refractivity contribution in [3.05, 3.63) is 0 Å². The second-order valence-corrected chi connectivity index (χ2v) is 5.41. The van der Waals surface area contributed by atoms with Gasteiger partial charge in [-0.1, -0.05) is 0 Å². The maximum absolute atomic E-state index is 3.65. The second-order valence-electron chi connectivity index (χ2n) is 5.41. The molecule has 2 aliphatic rings. The minimum Gasteiger partial charge on any atom is -0.312 e. The number of hydrogen-bond donors (Lipinski definition) is 1. The summed E-state index contributed by atoms with van der Waals surface area (Å²) in [7, 11) is 0. The monoisotopic (exact) mass is 225 g/mol. The van der Waals surface area contributed by atoms with Gasteiger partial charge in [-0.25, -0.2) is 0 Å². The van der Waals surface area contributed by atoms with Crippen LogP contribution in [0.1, 0.15) is 32.6 Å². The summed E-state index contributed by atoms with van der Waals surface area (Å²) in [6, 6.07) is 0.653. The molecule has 0 bridgehead atoms. The zero-order valence-corrected chi connectivity index (χ0v) is 10.7. The molecule has 2 saturated heterocycles. The maximum Gasteiger partial charge on any atom is 0.0167 e. The highest BCUT2D eigenvalue weighted by molar-refractivity contribution is 4.73. The first-order chi connectivity index (χ1) is 7.84. The quantitative estimate of drug-likeness (QED) is 0.732. The minimum absolute atomic E-state index is 0.653. The van der Waals surface area contributed by atoms with Crippen LogP contribution in [0.5, 0.6) is 0 Å². The van der Waals surface area contributed by atoms with Crippen LogP contribution in [-0.4, -0.2) is 61.7 Å². The van der Waals surface area contributed by atoms with Gasteiger partial charge >= 0.3 is 0 Å². The van der Waals surface area contributed by atoms with Crippen molar-refractivity contribution in [2.45, 2.75) is 38.6 Å². The lowest BCUT2D eigenvalue weighted by atomic mass is 10.3. The molecule has 0 aliphatic carbocycles. The van der Waals surface area contributed by atoms with Crippen molar-refractivity contribution < 1.29 is 0 Å². The Hall–Kier alpha value is -0.120. The molecule has 0 aromatic heterocycles.